The Morgan fingerprint density at radius 1 is 0.556 bits per heavy atom. The Labute approximate surface area is 220 Å². The van der Waals surface area contributed by atoms with Crippen LogP contribution in [0, 0.1) is 0 Å². The van der Waals surface area contributed by atoms with Crippen molar-refractivity contribution in [3.8, 4) is 0 Å². The minimum atomic E-state index is -0.691. The van der Waals surface area contributed by atoms with Crippen LogP contribution in [0.1, 0.15) is 149 Å². The summed E-state index contributed by atoms with van der Waals surface area (Å²) < 4.78 is 5.21. The lowest BCUT2D eigenvalue weighted by atomic mass is 10.1. The maximum Gasteiger partial charge on any atom is 0.407 e. The van der Waals surface area contributed by atoms with E-state index in [4.69, 9.17) is 9.84 Å². The van der Waals surface area contributed by atoms with E-state index in [1.54, 1.807) is 0 Å². The first-order valence-electron chi connectivity index (χ1n) is 14.7. The molecule has 0 heterocycles. The second-order valence-corrected chi connectivity index (χ2v) is 11.0. The summed E-state index contributed by atoms with van der Waals surface area (Å²) in [4.78, 5) is 33.9. The van der Waals surface area contributed by atoms with Crippen LogP contribution in [-0.4, -0.2) is 41.8 Å². The number of alkyl carbamates (subject to hydrolysis) is 1. The van der Waals surface area contributed by atoms with E-state index >= 15 is 0 Å². The molecule has 0 aromatic carbocycles. The molecule has 0 rings (SSSR count). The molecule has 0 radical (unpaired) electrons. The minimum absolute atomic E-state index is 0.191. The monoisotopic (exact) mass is 512 g/mol. The molecule has 0 aliphatic heterocycles. The number of hydrogen-bond donors (Lipinski definition) is 3. The average Bonchev–Trinajstić information content (AvgIpc) is 2.79. The molecule has 36 heavy (non-hydrogen) atoms. The van der Waals surface area contributed by atoms with Crippen molar-refractivity contribution in [1.29, 1.82) is 0 Å². The summed E-state index contributed by atoms with van der Waals surface area (Å²) in [6.45, 7) is 7.07. The molecule has 0 aliphatic carbocycles. The number of rotatable bonds is 24. The number of nitrogens with one attached hydrogen (secondary N) is 2. The van der Waals surface area contributed by atoms with Gasteiger partial charge in [0, 0.05) is 25.9 Å². The maximum absolute atomic E-state index is 11.9. The van der Waals surface area contributed by atoms with E-state index in [2.05, 4.69) is 10.6 Å². The van der Waals surface area contributed by atoms with E-state index in [1.807, 2.05) is 20.8 Å². The van der Waals surface area contributed by atoms with Gasteiger partial charge in [-0.05, 0) is 46.5 Å². The Balaban J connectivity index is 3.25. The quantitative estimate of drug-likeness (QED) is 0.116. The smallest absolute Gasteiger partial charge is 0.407 e. The molecule has 0 unspecified atom stereocenters. The zero-order valence-corrected chi connectivity index (χ0v) is 23.6. The number of carboxylic acid groups (broad SMARTS) is 1. The second kappa shape index (κ2) is 23.6. The SMILES string of the molecule is CC(C)(C)OC(=O)NCCCCCCCCCCCC(=O)NCCCCCCCCCCCC(=O)O. The first-order valence-corrected chi connectivity index (χ1v) is 14.7. The molecule has 0 bridgehead atoms. The molecular formula is C29H56N2O5. The van der Waals surface area contributed by atoms with Crippen LogP contribution in [0.3, 0.4) is 0 Å². The fourth-order valence-corrected chi connectivity index (χ4v) is 4.11. The number of amides is 2. The van der Waals surface area contributed by atoms with Crippen molar-refractivity contribution in [1.82, 2.24) is 10.6 Å². The summed E-state index contributed by atoms with van der Waals surface area (Å²) in [7, 11) is 0. The van der Waals surface area contributed by atoms with Gasteiger partial charge in [0.2, 0.25) is 5.91 Å². The second-order valence-electron chi connectivity index (χ2n) is 11.0. The number of hydrogen-bond acceptors (Lipinski definition) is 4. The van der Waals surface area contributed by atoms with Crippen molar-refractivity contribution < 1.29 is 24.2 Å². The number of aliphatic carboxylic acids is 1. The molecule has 212 valence electrons. The number of unbranched alkanes of at least 4 members (excludes halogenated alkanes) is 16. The molecule has 3 N–H and O–H groups in total. The number of carbonyl (C=O) groups excluding carboxylic acids is 2. The van der Waals surface area contributed by atoms with Crippen LogP contribution in [0.2, 0.25) is 0 Å². The van der Waals surface area contributed by atoms with Crippen molar-refractivity contribution in [2.75, 3.05) is 13.1 Å². The first-order chi connectivity index (χ1) is 17.2. The number of carbonyl (C=O) groups is 3. The third-order valence-corrected chi connectivity index (χ3v) is 6.14. The third-order valence-electron chi connectivity index (χ3n) is 6.14. The fourth-order valence-electron chi connectivity index (χ4n) is 4.11. The van der Waals surface area contributed by atoms with Gasteiger partial charge in [-0.25, -0.2) is 4.79 Å². The summed E-state index contributed by atoms with van der Waals surface area (Å²) in [6, 6.07) is 0. The minimum Gasteiger partial charge on any atom is -0.481 e. The van der Waals surface area contributed by atoms with Crippen LogP contribution >= 0.6 is 0 Å². The summed E-state index contributed by atoms with van der Waals surface area (Å²) >= 11 is 0. The highest BCUT2D eigenvalue weighted by Crippen LogP contribution is 2.12. The van der Waals surface area contributed by atoms with E-state index in [0.29, 0.717) is 19.4 Å². The third kappa shape index (κ3) is 28.4. The Morgan fingerprint density at radius 3 is 1.33 bits per heavy atom. The Kier molecular flexibility index (Phi) is 22.4. The van der Waals surface area contributed by atoms with Crippen LogP contribution in [0.15, 0.2) is 0 Å². The zero-order valence-electron chi connectivity index (χ0n) is 23.6. The van der Waals surface area contributed by atoms with E-state index in [1.165, 1.54) is 64.2 Å². The summed E-state index contributed by atoms with van der Waals surface area (Å²) in [5, 5.41) is 14.5. The van der Waals surface area contributed by atoms with Gasteiger partial charge < -0.3 is 20.5 Å². The van der Waals surface area contributed by atoms with Crippen LogP contribution in [0.25, 0.3) is 0 Å². The molecule has 0 spiro atoms. The molecule has 7 heteroatoms. The average molecular weight is 513 g/mol. The van der Waals surface area contributed by atoms with E-state index in [-0.39, 0.29) is 12.0 Å². The van der Waals surface area contributed by atoms with Gasteiger partial charge in [-0.2, -0.15) is 0 Å². The predicted octanol–water partition coefficient (Wildman–Crippen LogP) is 7.51. The fraction of sp³-hybridized carbons (Fsp3) is 0.897. The Bertz CT molecular complexity index is 560. The Morgan fingerprint density at radius 2 is 0.917 bits per heavy atom. The number of ether oxygens (including phenoxy) is 1. The van der Waals surface area contributed by atoms with Gasteiger partial charge in [-0.3, -0.25) is 9.59 Å². The van der Waals surface area contributed by atoms with Crippen LogP contribution in [-0.2, 0) is 14.3 Å². The van der Waals surface area contributed by atoms with E-state index in [9.17, 15) is 14.4 Å². The molecule has 2 amide bonds. The van der Waals surface area contributed by atoms with E-state index in [0.717, 1.165) is 57.9 Å². The van der Waals surface area contributed by atoms with Crippen molar-refractivity contribution in [2.24, 2.45) is 0 Å². The lowest BCUT2D eigenvalue weighted by Gasteiger charge is -2.19. The largest absolute Gasteiger partial charge is 0.481 e. The van der Waals surface area contributed by atoms with Gasteiger partial charge in [0.1, 0.15) is 5.60 Å². The van der Waals surface area contributed by atoms with Gasteiger partial charge >= 0.3 is 12.1 Å². The van der Waals surface area contributed by atoms with Crippen molar-refractivity contribution in [3.63, 3.8) is 0 Å². The Hall–Kier alpha value is -1.79. The van der Waals surface area contributed by atoms with Crippen molar-refractivity contribution in [3.05, 3.63) is 0 Å². The molecular weight excluding hydrogens is 456 g/mol. The topological polar surface area (TPSA) is 105 Å². The summed E-state index contributed by atoms with van der Waals surface area (Å²) in [5.74, 6) is -0.499. The van der Waals surface area contributed by atoms with Crippen LogP contribution in [0.5, 0.6) is 0 Å². The van der Waals surface area contributed by atoms with Crippen LogP contribution < -0.4 is 10.6 Å². The molecule has 0 aromatic heterocycles. The van der Waals surface area contributed by atoms with E-state index < -0.39 is 11.6 Å². The highest BCUT2D eigenvalue weighted by Gasteiger charge is 2.15. The predicted molar refractivity (Wildman–Crippen MR) is 147 cm³/mol. The molecule has 0 saturated carbocycles. The summed E-state index contributed by atoms with van der Waals surface area (Å²) in [6.07, 6.45) is 21.0. The van der Waals surface area contributed by atoms with Gasteiger partial charge in [-0.1, -0.05) is 89.9 Å². The molecule has 0 saturated heterocycles. The lowest BCUT2D eigenvalue weighted by Crippen LogP contribution is -2.32. The normalized spacial score (nSPS) is 11.3. The van der Waals surface area contributed by atoms with Gasteiger partial charge in [-0.15, -0.1) is 0 Å². The van der Waals surface area contributed by atoms with Gasteiger partial charge in [0.15, 0.2) is 0 Å². The first kappa shape index (κ1) is 34.2. The maximum atomic E-state index is 11.9. The lowest BCUT2D eigenvalue weighted by molar-refractivity contribution is -0.137. The van der Waals surface area contributed by atoms with Crippen molar-refractivity contribution in [2.45, 2.75) is 155 Å². The van der Waals surface area contributed by atoms with Crippen LogP contribution in [0.4, 0.5) is 4.79 Å². The zero-order chi connectivity index (χ0) is 26.9. The highest BCUT2D eigenvalue weighted by atomic mass is 16.6. The highest BCUT2D eigenvalue weighted by molar-refractivity contribution is 5.75. The molecule has 0 aliphatic rings. The van der Waals surface area contributed by atoms with Crippen molar-refractivity contribution >= 4 is 18.0 Å². The molecule has 0 fully saturated rings. The standard InChI is InChI=1S/C29H56N2O5/c1-29(2,3)36-28(35)31-25-21-17-13-9-4-6-10-14-18-22-26(32)30-24-20-16-12-8-5-7-11-15-19-23-27(33)34/h4-25H2,1-3H3,(H,30,32)(H,31,35)(H,33,34). The van der Waals surface area contributed by atoms with Gasteiger partial charge in [0.05, 0.1) is 0 Å². The summed E-state index contributed by atoms with van der Waals surface area (Å²) in [5.41, 5.74) is -0.442. The molecule has 0 atom stereocenters. The number of carboxylic acids is 1. The molecule has 0 aromatic rings. The van der Waals surface area contributed by atoms with Gasteiger partial charge in [0.25, 0.3) is 0 Å². The molecule has 7 nitrogen and oxygen atoms in total.